The van der Waals surface area contributed by atoms with Crippen molar-refractivity contribution in [2.45, 2.75) is 13.0 Å². The number of ether oxygens (including phenoxy) is 1. The monoisotopic (exact) mass is 278 g/mol. The van der Waals surface area contributed by atoms with Crippen molar-refractivity contribution in [1.29, 1.82) is 0 Å². The summed E-state index contributed by atoms with van der Waals surface area (Å²) >= 11 is 0. The van der Waals surface area contributed by atoms with E-state index in [1.165, 1.54) is 6.07 Å². The molecule has 0 aromatic heterocycles. The van der Waals surface area contributed by atoms with Gasteiger partial charge >= 0.3 is 0 Å². The lowest BCUT2D eigenvalue weighted by atomic mass is 10.1. The van der Waals surface area contributed by atoms with E-state index in [2.05, 4.69) is 5.32 Å². The predicted octanol–water partition coefficient (Wildman–Crippen LogP) is 3.73. The standard InChI is InChI=1S/C15H16F2N2O/c1-9(10-3-5-11(20-2)6-4-10)19-15-13(18)8-7-12(16)14(15)17/h3-9,19H,18H2,1-2H3. The van der Waals surface area contributed by atoms with Crippen molar-refractivity contribution < 1.29 is 13.5 Å². The molecule has 0 heterocycles. The molecule has 0 aliphatic carbocycles. The highest BCUT2D eigenvalue weighted by molar-refractivity contribution is 5.67. The number of nitrogens with one attached hydrogen (secondary N) is 1. The Labute approximate surface area is 116 Å². The summed E-state index contributed by atoms with van der Waals surface area (Å²) in [5.74, 6) is -1.16. The molecule has 0 spiro atoms. The summed E-state index contributed by atoms with van der Waals surface area (Å²) in [6.45, 7) is 1.84. The first-order chi connectivity index (χ1) is 9.52. The quantitative estimate of drug-likeness (QED) is 0.838. The Morgan fingerprint density at radius 3 is 2.35 bits per heavy atom. The van der Waals surface area contributed by atoms with Crippen molar-refractivity contribution in [3.05, 3.63) is 53.6 Å². The van der Waals surface area contributed by atoms with Crippen LogP contribution in [0.3, 0.4) is 0 Å². The molecule has 2 rings (SSSR count). The molecule has 3 N–H and O–H groups in total. The Morgan fingerprint density at radius 1 is 1.10 bits per heavy atom. The van der Waals surface area contributed by atoms with Gasteiger partial charge in [-0.3, -0.25) is 0 Å². The Balaban J connectivity index is 2.23. The number of rotatable bonds is 4. The third-order valence-corrected chi connectivity index (χ3v) is 3.10. The summed E-state index contributed by atoms with van der Waals surface area (Å²) in [4.78, 5) is 0. The molecule has 106 valence electrons. The van der Waals surface area contributed by atoms with Crippen molar-refractivity contribution in [3.8, 4) is 5.75 Å². The molecule has 5 heteroatoms. The minimum Gasteiger partial charge on any atom is -0.497 e. The lowest BCUT2D eigenvalue weighted by Crippen LogP contribution is -2.10. The number of benzene rings is 2. The van der Waals surface area contributed by atoms with Crippen molar-refractivity contribution >= 4 is 11.4 Å². The predicted molar refractivity (Wildman–Crippen MR) is 75.8 cm³/mol. The summed E-state index contributed by atoms with van der Waals surface area (Å²) in [5, 5.41) is 2.89. The molecule has 1 atom stereocenters. The van der Waals surface area contributed by atoms with Gasteiger partial charge in [-0.25, -0.2) is 8.78 Å². The lowest BCUT2D eigenvalue weighted by molar-refractivity contribution is 0.414. The van der Waals surface area contributed by atoms with E-state index in [-0.39, 0.29) is 17.4 Å². The van der Waals surface area contributed by atoms with E-state index < -0.39 is 11.6 Å². The van der Waals surface area contributed by atoms with Crippen LogP contribution >= 0.6 is 0 Å². The van der Waals surface area contributed by atoms with E-state index in [0.717, 1.165) is 17.4 Å². The van der Waals surface area contributed by atoms with Crippen LogP contribution in [0.2, 0.25) is 0 Å². The van der Waals surface area contributed by atoms with Gasteiger partial charge in [-0.2, -0.15) is 0 Å². The first kappa shape index (κ1) is 14.1. The summed E-state index contributed by atoms with van der Waals surface area (Å²) in [6, 6.07) is 9.43. The summed E-state index contributed by atoms with van der Waals surface area (Å²) in [6.07, 6.45) is 0. The molecule has 0 bridgehead atoms. The van der Waals surface area contributed by atoms with E-state index in [0.29, 0.717) is 0 Å². The zero-order chi connectivity index (χ0) is 14.7. The lowest BCUT2D eigenvalue weighted by Gasteiger charge is -2.18. The molecule has 0 saturated carbocycles. The Morgan fingerprint density at radius 2 is 1.75 bits per heavy atom. The van der Waals surface area contributed by atoms with Gasteiger partial charge < -0.3 is 15.8 Å². The first-order valence-electron chi connectivity index (χ1n) is 6.17. The second-order valence-electron chi connectivity index (χ2n) is 4.46. The summed E-state index contributed by atoms with van der Waals surface area (Å²) in [5.41, 5.74) is 6.73. The maximum absolute atomic E-state index is 13.7. The van der Waals surface area contributed by atoms with Crippen LogP contribution in [0.4, 0.5) is 20.2 Å². The van der Waals surface area contributed by atoms with Gasteiger partial charge in [0, 0.05) is 6.04 Å². The number of nitrogens with two attached hydrogens (primary N) is 1. The Bertz CT molecular complexity index is 600. The summed E-state index contributed by atoms with van der Waals surface area (Å²) < 4.78 is 32.0. The van der Waals surface area contributed by atoms with Gasteiger partial charge in [0.15, 0.2) is 11.6 Å². The minimum atomic E-state index is -0.967. The molecular weight excluding hydrogens is 262 g/mol. The second-order valence-corrected chi connectivity index (χ2v) is 4.46. The van der Waals surface area contributed by atoms with Gasteiger partial charge in [-0.05, 0) is 36.8 Å². The van der Waals surface area contributed by atoms with Gasteiger partial charge in [0.2, 0.25) is 0 Å². The molecule has 20 heavy (non-hydrogen) atoms. The molecular formula is C15H16F2N2O. The van der Waals surface area contributed by atoms with Gasteiger partial charge in [0.25, 0.3) is 0 Å². The maximum atomic E-state index is 13.7. The molecule has 2 aromatic rings. The smallest absolute Gasteiger partial charge is 0.183 e. The average molecular weight is 278 g/mol. The van der Waals surface area contributed by atoms with Crippen molar-refractivity contribution in [3.63, 3.8) is 0 Å². The van der Waals surface area contributed by atoms with Crippen LogP contribution in [0.1, 0.15) is 18.5 Å². The molecule has 0 saturated heterocycles. The molecule has 0 aliphatic heterocycles. The van der Waals surface area contributed by atoms with Crippen LogP contribution in [-0.2, 0) is 0 Å². The van der Waals surface area contributed by atoms with Gasteiger partial charge in [0.1, 0.15) is 5.75 Å². The Kier molecular flexibility index (Phi) is 4.08. The van der Waals surface area contributed by atoms with Crippen molar-refractivity contribution in [2.75, 3.05) is 18.2 Å². The van der Waals surface area contributed by atoms with Crippen LogP contribution in [0.25, 0.3) is 0 Å². The fourth-order valence-corrected chi connectivity index (χ4v) is 1.90. The molecule has 0 radical (unpaired) electrons. The van der Waals surface area contributed by atoms with Crippen LogP contribution < -0.4 is 15.8 Å². The van der Waals surface area contributed by atoms with E-state index in [4.69, 9.17) is 10.5 Å². The zero-order valence-electron chi connectivity index (χ0n) is 11.3. The van der Waals surface area contributed by atoms with E-state index in [1.54, 1.807) is 19.2 Å². The average Bonchev–Trinajstić information content (AvgIpc) is 2.47. The van der Waals surface area contributed by atoms with E-state index >= 15 is 0 Å². The summed E-state index contributed by atoms with van der Waals surface area (Å²) in [7, 11) is 1.58. The topological polar surface area (TPSA) is 47.3 Å². The van der Waals surface area contributed by atoms with Crippen molar-refractivity contribution in [1.82, 2.24) is 0 Å². The normalized spacial score (nSPS) is 12.0. The third kappa shape index (κ3) is 2.82. The number of nitrogen functional groups attached to an aromatic ring is 1. The highest BCUT2D eigenvalue weighted by Gasteiger charge is 2.15. The molecule has 0 aliphatic rings. The van der Waals surface area contributed by atoms with Crippen LogP contribution in [0.5, 0.6) is 5.75 Å². The molecule has 3 nitrogen and oxygen atoms in total. The number of anilines is 2. The molecule has 2 aromatic carbocycles. The first-order valence-corrected chi connectivity index (χ1v) is 6.17. The van der Waals surface area contributed by atoms with Gasteiger partial charge in [-0.1, -0.05) is 12.1 Å². The fourth-order valence-electron chi connectivity index (χ4n) is 1.90. The fraction of sp³-hybridized carbons (Fsp3) is 0.200. The molecule has 1 unspecified atom stereocenters. The van der Waals surface area contributed by atoms with Crippen molar-refractivity contribution in [2.24, 2.45) is 0 Å². The number of hydrogen-bond acceptors (Lipinski definition) is 3. The van der Waals surface area contributed by atoms with Crippen LogP contribution in [0.15, 0.2) is 36.4 Å². The van der Waals surface area contributed by atoms with E-state index in [1.807, 2.05) is 19.1 Å². The highest BCUT2D eigenvalue weighted by atomic mass is 19.2. The molecule has 0 fully saturated rings. The number of methoxy groups -OCH3 is 1. The van der Waals surface area contributed by atoms with Crippen LogP contribution in [-0.4, -0.2) is 7.11 Å². The SMILES string of the molecule is COc1ccc(C(C)Nc2c(N)ccc(F)c2F)cc1. The number of halogens is 2. The minimum absolute atomic E-state index is 0.0201. The zero-order valence-corrected chi connectivity index (χ0v) is 11.3. The Hall–Kier alpha value is -2.30. The maximum Gasteiger partial charge on any atom is 0.183 e. The number of hydrogen-bond donors (Lipinski definition) is 2. The van der Waals surface area contributed by atoms with Crippen LogP contribution in [0, 0.1) is 11.6 Å². The highest BCUT2D eigenvalue weighted by Crippen LogP contribution is 2.29. The second kappa shape index (κ2) is 5.77. The molecule has 0 amide bonds. The largest absolute Gasteiger partial charge is 0.497 e. The van der Waals surface area contributed by atoms with Gasteiger partial charge in [0.05, 0.1) is 18.5 Å². The third-order valence-electron chi connectivity index (χ3n) is 3.10. The van der Waals surface area contributed by atoms with Gasteiger partial charge in [-0.15, -0.1) is 0 Å². The van der Waals surface area contributed by atoms with E-state index in [9.17, 15) is 8.78 Å².